The fourth-order valence-electron chi connectivity index (χ4n) is 1.12. The fourth-order valence-corrected chi connectivity index (χ4v) is 1.12. The third-order valence-electron chi connectivity index (χ3n) is 1.65. The van der Waals surface area contributed by atoms with Crippen LogP contribution in [0.3, 0.4) is 0 Å². The zero-order valence-electron chi connectivity index (χ0n) is 6.98. The van der Waals surface area contributed by atoms with Gasteiger partial charge in [-0.1, -0.05) is 0 Å². The van der Waals surface area contributed by atoms with Crippen molar-refractivity contribution in [3.63, 3.8) is 0 Å². The third kappa shape index (κ3) is 1.20. The fraction of sp³-hybridized carbons (Fsp3) is 0.286. The van der Waals surface area contributed by atoms with Crippen LogP contribution in [-0.2, 0) is 6.61 Å². The van der Waals surface area contributed by atoms with Crippen molar-refractivity contribution < 1.29 is 5.11 Å². The van der Waals surface area contributed by atoms with E-state index >= 15 is 0 Å². The number of fused-ring (bicyclic) bond motifs is 1. The topological polar surface area (TPSA) is 83.3 Å². The number of hydrogen-bond donors (Lipinski definition) is 2. The number of nitrogens with zero attached hydrogens (tertiary/aromatic N) is 3. The van der Waals surface area contributed by atoms with Crippen LogP contribution >= 0.6 is 0 Å². The molecule has 0 fully saturated rings. The van der Waals surface area contributed by atoms with E-state index < -0.39 is 0 Å². The molecule has 68 valence electrons. The molecule has 2 heterocycles. The van der Waals surface area contributed by atoms with E-state index in [0.29, 0.717) is 5.78 Å². The highest BCUT2D eigenvalue weighted by molar-refractivity contribution is 5.27. The average Bonchev–Trinajstić information content (AvgIpc) is 2.47. The van der Waals surface area contributed by atoms with Crippen molar-refractivity contribution in [1.82, 2.24) is 19.6 Å². The van der Waals surface area contributed by atoms with Gasteiger partial charge < -0.3 is 10.1 Å². The molecule has 0 aliphatic heterocycles. The lowest BCUT2D eigenvalue weighted by atomic mass is 10.5. The molecule has 0 atom stereocenters. The first-order valence-electron chi connectivity index (χ1n) is 3.77. The van der Waals surface area contributed by atoms with Crippen LogP contribution in [0.15, 0.2) is 10.9 Å². The third-order valence-corrected chi connectivity index (χ3v) is 1.65. The number of aromatic nitrogens is 4. The number of aryl methyl sites for hydroxylation is 1. The SMILES string of the molecule is Cc1cc(=O)n2nc(CO)nc2[nH]1. The molecule has 6 nitrogen and oxygen atoms in total. The molecule has 0 unspecified atom stereocenters. The van der Waals surface area contributed by atoms with E-state index in [0.717, 1.165) is 10.2 Å². The van der Waals surface area contributed by atoms with Gasteiger partial charge in [0.1, 0.15) is 6.61 Å². The Kier molecular flexibility index (Phi) is 1.63. The molecule has 0 bridgehead atoms. The van der Waals surface area contributed by atoms with Crippen LogP contribution in [0.5, 0.6) is 0 Å². The normalized spacial score (nSPS) is 10.9. The second-order valence-electron chi connectivity index (χ2n) is 2.71. The number of aliphatic hydroxyl groups is 1. The molecular weight excluding hydrogens is 172 g/mol. The Hall–Kier alpha value is -1.69. The molecule has 0 saturated carbocycles. The number of H-pyrrole nitrogens is 1. The summed E-state index contributed by atoms with van der Waals surface area (Å²) in [6.07, 6.45) is 0. The highest BCUT2D eigenvalue weighted by atomic mass is 16.3. The number of rotatable bonds is 1. The van der Waals surface area contributed by atoms with Gasteiger partial charge in [0, 0.05) is 11.8 Å². The number of nitrogens with one attached hydrogen (secondary N) is 1. The highest BCUT2D eigenvalue weighted by Gasteiger charge is 2.04. The van der Waals surface area contributed by atoms with Crippen LogP contribution in [0.25, 0.3) is 5.78 Å². The van der Waals surface area contributed by atoms with E-state index in [1.807, 2.05) is 0 Å². The van der Waals surface area contributed by atoms with Crippen molar-refractivity contribution >= 4 is 5.78 Å². The van der Waals surface area contributed by atoms with Gasteiger partial charge in [-0.05, 0) is 6.92 Å². The van der Waals surface area contributed by atoms with Crippen LogP contribution in [0, 0.1) is 6.92 Å². The molecule has 2 rings (SSSR count). The molecule has 6 heteroatoms. The smallest absolute Gasteiger partial charge is 0.275 e. The Morgan fingerprint density at radius 3 is 3.15 bits per heavy atom. The molecule has 0 aliphatic carbocycles. The lowest BCUT2D eigenvalue weighted by Crippen LogP contribution is -2.14. The van der Waals surface area contributed by atoms with Gasteiger partial charge in [0.15, 0.2) is 5.82 Å². The monoisotopic (exact) mass is 180 g/mol. The van der Waals surface area contributed by atoms with Crippen LogP contribution < -0.4 is 5.56 Å². The molecule has 0 spiro atoms. The van der Waals surface area contributed by atoms with Crippen molar-refractivity contribution in [3.8, 4) is 0 Å². The summed E-state index contributed by atoms with van der Waals surface area (Å²) < 4.78 is 1.12. The summed E-state index contributed by atoms with van der Waals surface area (Å²) in [7, 11) is 0. The van der Waals surface area contributed by atoms with E-state index in [1.165, 1.54) is 6.07 Å². The van der Waals surface area contributed by atoms with Crippen LogP contribution in [0.4, 0.5) is 0 Å². The Bertz CT molecular complexity index is 499. The molecule has 0 aliphatic rings. The quantitative estimate of drug-likeness (QED) is 0.603. The van der Waals surface area contributed by atoms with Crippen molar-refractivity contribution in [2.45, 2.75) is 13.5 Å². The Morgan fingerprint density at radius 2 is 2.46 bits per heavy atom. The van der Waals surface area contributed by atoms with E-state index in [4.69, 9.17) is 5.11 Å². The largest absolute Gasteiger partial charge is 0.388 e. The predicted molar refractivity (Wildman–Crippen MR) is 44.3 cm³/mol. The summed E-state index contributed by atoms with van der Waals surface area (Å²) in [5.41, 5.74) is 0.466. The van der Waals surface area contributed by atoms with Gasteiger partial charge in [-0.2, -0.15) is 9.50 Å². The Labute approximate surface area is 72.9 Å². The number of hydrogen-bond acceptors (Lipinski definition) is 4. The minimum atomic E-state index is -0.270. The van der Waals surface area contributed by atoms with Crippen LogP contribution in [-0.4, -0.2) is 24.7 Å². The van der Waals surface area contributed by atoms with Gasteiger partial charge in [-0.25, -0.2) is 0 Å². The zero-order valence-corrected chi connectivity index (χ0v) is 6.98. The first kappa shape index (κ1) is 7.93. The highest BCUT2D eigenvalue weighted by Crippen LogP contribution is 1.95. The maximum Gasteiger partial charge on any atom is 0.275 e. The molecule has 0 aromatic carbocycles. The molecular formula is C7H8N4O2. The summed E-state index contributed by atoms with van der Waals surface area (Å²) in [5, 5.41) is 12.5. The minimum Gasteiger partial charge on any atom is -0.388 e. The van der Waals surface area contributed by atoms with Gasteiger partial charge >= 0.3 is 0 Å². The van der Waals surface area contributed by atoms with E-state index in [-0.39, 0.29) is 18.0 Å². The van der Waals surface area contributed by atoms with Gasteiger partial charge in [0.2, 0.25) is 5.78 Å². The Balaban J connectivity index is 2.83. The first-order chi connectivity index (χ1) is 6.20. The predicted octanol–water partition coefficient (Wildman–Crippen LogP) is -0.782. The summed E-state index contributed by atoms with van der Waals surface area (Å²) in [6.45, 7) is 1.49. The number of aromatic amines is 1. The van der Waals surface area contributed by atoms with Crippen molar-refractivity contribution in [1.29, 1.82) is 0 Å². The standard InChI is InChI=1S/C7H8N4O2/c1-4-2-6(13)11-7(8-4)9-5(3-12)10-11/h2,12H,3H2,1H3,(H,8,9,10). The summed E-state index contributed by atoms with van der Waals surface area (Å²) in [6, 6.07) is 1.42. The van der Waals surface area contributed by atoms with E-state index in [9.17, 15) is 4.79 Å². The van der Waals surface area contributed by atoms with Gasteiger partial charge in [0.25, 0.3) is 5.56 Å². The zero-order chi connectivity index (χ0) is 9.42. The summed E-state index contributed by atoms with van der Waals surface area (Å²) >= 11 is 0. The number of aliphatic hydroxyl groups excluding tert-OH is 1. The Morgan fingerprint density at radius 1 is 1.69 bits per heavy atom. The molecule has 2 N–H and O–H groups in total. The molecule has 2 aromatic rings. The molecule has 0 amide bonds. The van der Waals surface area contributed by atoms with Gasteiger partial charge in [-0.15, -0.1) is 5.10 Å². The second kappa shape index (κ2) is 2.67. The molecule has 0 saturated heterocycles. The minimum absolute atomic E-state index is 0.235. The summed E-state index contributed by atoms with van der Waals surface area (Å²) in [4.78, 5) is 18.1. The van der Waals surface area contributed by atoms with Crippen LogP contribution in [0.2, 0.25) is 0 Å². The maximum atomic E-state index is 11.3. The van der Waals surface area contributed by atoms with E-state index in [2.05, 4.69) is 15.1 Å². The van der Waals surface area contributed by atoms with Crippen LogP contribution in [0.1, 0.15) is 11.5 Å². The maximum absolute atomic E-state index is 11.3. The first-order valence-corrected chi connectivity index (χ1v) is 3.77. The van der Waals surface area contributed by atoms with Crippen molar-refractivity contribution in [3.05, 3.63) is 27.9 Å². The summed E-state index contributed by atoms with van der Waals surface area (Å²) in [5.74, 6) is 0.591. The second-order valence-corrected chi connectivity index (χ2v) is 2.71. The molecule has 0 radical (unpaired) electrons. The van der Waals surface area contributed by atoms with Crippen molar-refractivity contribution in [2.75, 3.05) is 0 Å². The van der Waals surface area contributed by atoms with Gasteiger partial charge in [-0.3, -0.25) is 4.79 Å². The van der Waals surface area contributed by atoms with E-state index in [1.54, 1.807) is 6.92 Å². The lowest BCUT2D eigenvalue weighted by Gasteiger charge is -1.91. The van der Waals surface area contributed by atoms with Crippen molar-refractivity contribution in [2.24, 2.45) is 0 Å². The average molecular weight is 180 g/mol. The molecule has 13 heavy (non-hydrogen) atoms. The molecule has 2 aromatic heterocycles. The van der Waals surface area contributed by atoms with Gasteiger partial charge in [0.05, 0.1) is 0 Å². The lowest BCUT2D eigenvalue weighted by molar-refractivity contribution is 0.271.